The molecule has 1 amide bonds. The van der Waals surface area contributed by atoms with Crippen LogP contribution in [0, 0.1) is 11.7 Å². The first-order valence-corrected chi connectivity index (χ1v) is 10.3. The van der Waals surface area contributed by atoms with Gasteiger partial charge in [-0.3, -0.25) is 9.59 Å². The molecule has 27 heavy (non-hydrogen) atoms. The van der Waals surface area contributed by atoms with Gasteiger partial charge in [0, 0.05) is 13.1 Å². The largest absolute Gasteiger partial charge is 0.455 e. The maximum absolute atomic E-state index is 12.9. The summed E-state index contributed by atoms with van der Waals surface area (Å²) < 4.78 is 43.3. The van der Waals surface area contributed by atoms with Crippen LogP contribution in [0.25, 0.3) is 0 Å². The molecule has 7 nitrogen and oxygen atoms in total. The molecule has 0 saturated heterocycles. The molecular formula is C18H25FN2O5S. The Bertz CT molecular complexity index is 766. The van der Waals surface area contributed by atoms with Crippen molar-refractivity contribution in [1.82, 2.24) is 9.62 Å². The first-order chi connectivity index (χ1) is 12.7. The Kier molecular flexibility index (Phi) is 7.32. The number of nitrogens with zero attached hydrogens (tertiary/aromatic N) is 1. The van der Waals surface area contributed by atoms with Crippen molar-refractivity contribution in [2.24, 2.45) is 5.92 Å². The summed E-state index contributed by atoms with van der Waals surface area (Å²) in [7, 11) is -2.74. The molecule has 1 aromatic rings. The van der Waals surface area contributed by atoms with E-state index >= 15 is 0 Å². The normalized spacial score (nSPS) is 20.3. The van der Waals surface area contributed by atoms with Gasteiger partial charge in [-0.2, -0.15) is 4.31 Å². The monoisotopic (exact) mass is 400 g/mol. The van der Waals surface area contributed by atoms with E-state index in [1.165, 1.54) is 7.05 Å². The van der Waals surface area contributed by atoms with Crippen molar-refractivity contribution in [1.29, 1.82) is 0 Å². The third-order valence-electron chi connectivity index (χ3n) is 4.70. The molecule has 1 aliphatic carbocycles. The summed E-state index contributed by atoms with van der Waals surface area (Å²) in [6.07, 6.45) is 4.16. The zero-order valence-corrected chi connectivity index (χ0v) is 16.3. The van der Waals surface area contributed by atoms with Gasteiger partial charge in [0.25, 0.3) is 5.91 Å². The van der Waals surface area contributed by atoms with Crippen molar-refractivity contribution < 1.29 is 27.1 Å². The zero-order valence-electron chi connectivity index (χ0n) is 15.5. The Morgan fingerprint density at radius 1 is 1.22 bits per heavy atom. The number of nitrogens with one attached hydrogen (secondary N) is 1. The number of ether oxygens (including phenoxy) is 1. The number of benzene rings is 1. The number of amides is 1. The fourth-order valence-electron chi connectivity index (χ4n) is 3.02. The molecule has 1 aliphatic rings. The molecule has 0 unspecified atom stereocenters. The van der Waals surface area contributed by atoms with Gasteiger partial charge in [0.1, 0.15) is 12.4 Å². The summed E-state index contributed by atoms with van der Waals surface area (Å²) in [5.41, 5.74) is 0. The second kappa shape index (κ2) is 9.27. The van der Waals surface area contributed by atoms with Gasteiger partial charge in [-0.05, 0) is 43.0 Å². The highest BCUT2D eigenvalue weighted by Gasteiger charge is 2.25. The fourth-order valence-corrected chi connectivity index (χ4v) is 4.14. The maximum Gasteiger partial charge on any atom is 0.321 e. The van der Waals surface area contributed by atoms with Gasteiger partial charge in [-0.25, -0.2) is 12.8 Å². The van der Waals surface area contributed by atoms with Gasteiger partial charge in [0.05, 0.1) is 4.90 Å². The minimum absolute atomic E-state index is 0.0754. The number of esters is 1. The summed E-state index contributed by atoms with van der Waals surface area (Å²) in [6, 6.07) is 4.36. The predicted octanol–water partition coefficient (Wildman–Crippen LogP) is 1.68. The fraction of sp³-hybridized carbons (Fsp3) is 0.556. The third kappa shape index (κ3) is 6.00. The molecule has 0 aliphatic heterocycles. The number of likely N-dealkylation sites (N-methyl/N-ethyl adjacent to an activating group) is 1. The van der Waals surface area contributed by atoms with Crippen LogP contribution in [0.3, 0.4) is 0 Å². The van der Waals surface area contributed by atoms with Gasteiger partial charge < -0.3 is 10.1 Å². The SMILES string of the molecule is C[C@@H]1CCCC[C@H]1NC(=O)COC(=O)CN(C)S(=O)(=O)c1ccc(F)cc1. The lowest BCUT2D eigenvalue weighted by molar-refractivity contribution is -0.148. The molecular weight excluding hydrogens is 375 g/mol. The van der Waals surface area contributed by atoms with E-state index in [1.807, 2.05) is 0 Å². The summed E-state index contributed by atoms with van der Waals surface area (Å²) >= 11 is 0. The van der Waals surface area contributed by atoms with Gasteiger partial charge >= 0.3 is 5.97 Å². The quantitative estimate of drug-likeness (QED) is 0.703. The highest BCUT2D eigenvalue weighted by Crippen LogP contribution is 2.23. The molecule has 1 fully saturated rings. The van der Waals surface area contributed by atoms with Crippen LogP contribution in [0.1, 0.15) is 32.6 Å². The third-order valence-corrected chi connectivity index (χ3v) is 6.51. The Labute approximate surface area is 158 Å². The molecule has 1 aromatic carbocycles. The molecule has 0 radical (unpaired) electrons. The van der Waals surface area contributed by atoms with E-state index < -0.39 is 40.9 Å². The van der Waals surface area contributed by atoms with E-state index in [2.05, 4.69) is 12.2 Å². The first kappa shape index (κ1) is 21.3. The number of carbonyl (C=O) groups excluding carboxylic acids is 2. The van der Waals surface area contributed by atoms with Crippen LogP contribution in [0.5, 0.6) is 0 Å². The lowest BCUT2D eigenvalue weighted by Crippen LogP contribution is -2.43. The molecule has 1 saturated carbocycles. The Hall–Kier alpha value is -2.00. The summed E-state index contributed by atoms with van der Waals surface area (Å²) in [5.74, 6) is -1.42. The molecule has 0 spiro atoms. The minimum atomic E-state index is -3.95. The molecule has 9 heteroatoms. The summed E-state index contributed by atoms with van der Waals surface area (Å²) in [4.78, 5) is 23.7. The predicted molar refractivity (Wildman–Crippen MR) is 96.7 cm³/mol. The van der Waals surface area contributed by atoms with E-state index in [0.29, 0.717) is 5.92 Å². The Morgan fingerprint density at radius 3 is 2.48 bits per heavy atom. The maximum atomic E-state index is 12.9. The van der Waals surface area contributed by atoms with Crippen molar-refractivity contribution in [2.75, 3.05) is 20.2 Å². The van der Waals surface area contributed by atoms with Crippen molar-refractivity contribution in [2.45, 2.75) is 43.5 Å². The second-order valence-corrected chi connectivity index (χ2v) is 8.86. The van der Waals surface area contributed by atoms with Crippen LogP contribution in [0.4, 0.5) is 4.39 Å². The second-order valence-electron chi connectivity index (χ2n) is 6.81. The van der Waals surface area contributed by atoms with Crippen LogP contribution in [0.2, 0.25) is 0 Å². The number of halogens is 1. The van der Waals surface area contributed by atoms with Crippen molar-refractivity contribution in [3.8, 4) is 0 Å². The van der Waals surface area contributed by atoms with Crippen LogP contribution >= 0.6 is 0 Å². The van der Waals surface area contributed by atoms with Gasteiger partial charge in [0.2, 0.25) is 10.0 Å². The zero-order chi connectivity index (χ0) is 20.0. The van der Waals surface area contributed by atoms with E-state index in [4.69, 9.17) is 4.74 Å². The number of sulfonamides is 1. The average Bonchev–Trinajstić information content (AvgIpc) is 2.62. The van der Waals surface area contributed by atoms with E-state index in [-0.39, 0.29) is 10.9 Å². The van der Waals surface area contributed by atoms with Crippen LogP contribution in [-0.2, 0) is 24.3 Å². The summed E-state index contributed by atoms with van der Waals surface area (Å²) in [5, 5.41) is 2.86. The first-order valence-electron chi connectivity index (χ1n) is 8.87. The van der Waals surface area contributed by atoms with Gasteiger partial charge in [-0.15, -0.1) is 0 Å². The Balaban J connectivity index is 1.82. The minimum Gasteiger partial charge on any atom is -0.455 e. The highest BCUT2D eigenvalue weighted by atomic mass is 32.2. The molecule has 2 rings (SSSR count). The van der Waals surface area contributed by atoms with Crippen molar-refractivity contribution >= 4 is 21.9 Å². The van der Waals surface area contributed by atoms with E-state index in [0.717, 1.165) is 54.3 Å². The lowest BCUT2D eigenvalue weighted by atomic mass is 9.86. The molecule has 1 N–H and O–H groups in total. The van der Waals surface area contributed by atoms with Crippen LogP contribution in [-0.4, -0.2) is 50.8 Å². The average molecular weight is 400 g/mol. The smallest absolute Gasteiger partial charge is 0.321 e. The molecule has 0 bridgehead atoms. The number of hydrogen-bond acceptors (Lipinski definition) is 5. The van der Waals surface area contributed by atoms with E-state index in [9.17, 15) is 22.4 Å². The van der Waals surface area contributed by atoms with Crippen LogP contribution in [0.15, 0.2) is 29.2 Å². The molecule has 150 valence electrons. The number of rotatable bonds is 7. The highest BCUT2D eigenvalue weighted by molar-refractivity contribution is 7.89. The summed E-state index contributed by atoms with van der Waals surface area (Å²) in [6.45, 7) is 1.07. The molecule has 0 aromatic heterocycles. The molecule has 0 heterocycles. The van der Waals surface area contributed by atoms with Crippen molar-refractivity contribution in [3.05, 3.63) is 30.1 Å². The topological polar surface area (TPSA) is 92.8 Å². The van der Waals surface area contributed by atoms with Crippen molar-refractivity contribution in [3.63, 3.8) is 0 Å². The van der Waals surface area contributed by atoms with Gasteiger partial charge in [-0.1, -0.05) is 19.8 Å². The van der Waals surface area contributed by atoms with Crippen LogP contribution < -0.4 is 5.32 Å². The number of carbonyl (C=O) groups is 2. The Morgan fingerprint density at radius 2 is 1.85 bits per heavy atom. The standard InChI is InChI=1S/C18H25FN2O5S/c1-13-5-3-4-6-16(13)20-17(22)12-26-18(23)11-21(2)27(24,25)15-9-7-14(19)8-10-15/h7-10,13,16H,3-6,11-12H2,1-2H3,(H,20,22)/t13-,16-/m1/s1. The molecule has 2 atom stereocenters. The lowest BCUT2D eigenvalue weighted by Gasteiger charge is -2.29. The van der Waals surface area contributed by atoms with E-state index in [1.54, 1.807) is 0 Å². The number of hydrogen-bond donors (Lipinski definition) is 1. The van der Waals surface area contributed by atoms with Gasteiger partial charge in [0.15, 0.2) is 6.61 Å².